The lowest BCUT2D eigenvalue weighted by Gasteiger charge is -2.40. The van der Waals surface area contributed by atoms with E-state index in [-0.39, 0.29) is 11.3 Å². The average molecular weight is 365 g/mol. The summed E-state index contributed by atoms with van der Waals surface area (Å²) in [6, 6.07) is 19.2. The highest BCUT2D eigenvalue weighted by Gasteiger charge is 2.27. The van der Waals surface area contributed by atoms with Crippen molar-refractivity contribution in [3.8, 4) is 0 Å². The Bertz CT molecular complexity index is 746. The number of hydrogen-bond donors (Lipinski definition) is 0. The largest absolute Gasteiger partial charge is 0.336 e. The van der Waals surface area contributed by atoms with Crippen LogP contribution in [0.4, 0.5) is 0 Å². The smallest absolute Gasteiger partial charge is 0.253 e. The van der Waals surface area contributed by atoms with Crippen LogP contribution in [0.5, 0.6) is 0 Å². The Hall–Kier alpha value is -2.13. The minimum Gasteiger partial charge on any atom is -0.336 e. The number of hydrogen-bond acceptors (Lipinski definition) is 2. The molecule has 1 aliphatic rings. The Morgan fingerprint density at radius 2 is 1.67 bits per heavy atom. The predicted octanol–water partition coefficient (Wildman–Crippen LogP) is 4.37. The molecular formula is C24H32N2O. The Kier molecular flexibility index (Phi) is 6.01. The number of rotatable bonds is 4. The third-order valence-corrected chi connectivity index (χ3v) is 5.58. The van der Waals surface area contributed by atoms with E-state index in [0.717, 1.165) is 38.2 Å². The summed E-state index contributed by atoms with van der Waals surface area (Å²) in [6.07, 6.45) is 1.06. The van der Waals surface area contributed by atoms with Gasteiger partial charge >= 0.3 is 0 Å². The topological polar surface area (TPSA) is 23.6 Å². The first-order valence-electron chi connectivity index (χ1n) is 10.0. The van der Waals surface area contributed by atoms with Crippen LogP contribution < -0.4 is 0 Å². The first-order chi connectivity index (χ1) is 12.8. The molecule has 0 aliphatic carbocycles. The molecule has 1 fully saturated rings. The molecule has 2 aromatic carbocycles. The summed E-state index contributed by atoms with van der Waals surface area (Å²) >= 11 is 0. The summed E-state index contributed by atoms with van der Waals surface area (Å²) in [5.74, 6) is 0.157. The molecule has 3 rings (SSSR count). The minimum atomic E-state index is 0.112. The molecule has 0 radical (unpaired) electrons. The van der Waals surface area contributed by atoms with Crippen LogP contribution in [-0.4, -0.2) is 47.9 Å². The Morgan fingerprint density at radius 3 is 2.26 bits per heavy atom. The van der Waals surface area contributed by atoms with Crippen LogP contribution >= 0.6 is 0 Å². The summed E-state index contributed by atoms with van der Waals surface area (Å²) in [7, 11) is 0. The molecule has 1 atom stereocenters. The van der Waals surface area contributed by atoms with Gasteiger partial charge in [0.2, 0.25) is 0 Å². The van der Waals surface area contributed by atoms with Crippen molar-refractivity contribution in [3.05, 3.63) is 71.3 Å². The second kappa shape index (κ2) is 8.26. The van der Waals surface area contributed by atoms with Gasteiger partial charge in [0.1, 0.15) is 0 Å². The van der Waals surface area contributed by atoms with Crippen LogP contribution in [0, 0.1) is 0 Å². The monoisotopic (exact) mass is 364 g/mol. The molecule has 1 unspecified atom stereocenters. The van der Waals surface area contributed by atoms with E-state index in [2.05, 4.69) is 75.1 Å². The summed E-state index contributed by atoms with van der Waals surface area (Å²) in [6.45, 7) is 12.4. The zero-order chi connectivity index (χ0) is 19.4. The molecule has 3 nitrogen and oxygen atoms in total. The van der Waals surface area contributed by atoms with E-state index in [1.165, 1.54) is 11.1 Å². The zero-order valence-electron chi connectivity index (χ0n) is 17.1. The number of benzene rings is 2. The molecule has 0 bridgehead atoms. The lowest BCUT2D eigenvalue weighted by atomic mass is 9.86. The predicted molar refractivity (Wildman–Crippen MR) is 112 cm³/mol. The lowest BCUT2D eigenvalue weighted by Crippen LogP contribution is -2.54. The number of carbonyl (C=O) groups is 1. The van der Waals surface area contributed by atoms with Gasteiger partial charge in [-0.3, -0.25) is 9.69 Å². The minimum absolute atomic E-state index is 0.112. The van der Waals surface area contributed by atoms with Gasteiger partial charge in [-0.05, 0) is 42.0 Å². The van der Waals surface area contributed by atoms with Gasteiger partial charge in [0.05, 0.1) is 0 Å². The average Bonchev–Trinajstić information content (AvgIpc) is 2.66. The van der Waals surface area contributed by atoms with Gasteiger partial charge < -0.3 is 4.90 Å². The molecule has 0 N–H and O–H groups in total. The number of carbonyl (C=O) groups excluding carboxylic acids is 1. The molecule has 27 heavy (non-hydrogen) atoms. The maximum absolute atomic E-state index is 12.9. The molecule has 144 valence electrons. The molecule has 1 aliphatic heterocycles. The fourth-order valence-corrected chi connectivity index (χ4v) is 3.72. The number of nitrogens with zero attached hydrogens (tertiary/aromatic N) is 2. The van der Waals surface area contributed by atoms with E-state index in [4.69, 9.17) is 0 Å². The summed E-state index contributed by atoms with van der Waals surface area (Å²) < 4.78 is 0. The first kappa shape index (κ1) is 19.6. The molecule has 3 heteroatoms. The first-order valence-corrected chi connectivity index (χ1v) is 10.0. The van der Waals surface area contributed by atoms with Crippen LogP contribution in [0.1, 0.15) is 49.2 Å². The van der Waals surface area contributed by atoms with Crippen molar-refractivity contribution in [3.63, 3.8) is 0 Å². The molecule has 0 saturated carbocycles. The number of piperazine rings is 1. The maximum Gasteiger partial charge on any atom is 0.253 e. The molecular weight excluding hydrogens is 332 g/mol. The molecule has 1 amide bonds. The van der Waals surface area contributed by atoms with Gasteiger partial charge in [-0.2, -0.15) is 0 Å². The third kappa shape index (κ3) is 4.98. The lowest BCUT2D eigenvalue weighted by molar-refractivity contribution is 0.0518. The van der Waals surface area contributed by atoms with Crippen LogP contribution in [0.25, 0.3) is 0 Å². The SMILES string of the molecule is CC1CN(C(=O)c2ccc(C(C)(C)C)cc2)CCN1CCc1ccccc1. The molecule has 2 aromatic rings. The van der Waals surface area contributed by atoms with Crippen LogP contribution in [0.15, 0.2) is 54.6 Å². The van der Waals surface area contributed by atoms with Crippen LogP contribution in [0.2, 0.25) is 0 Å². The molecule has 1 heterocycles. The van der Waals surface area contributed by atoms with Crippen molar-refractivity contribution < 1.29 is 4.79 Å². The van der Waals surface area contributed by atoms with Gasteiger partial charge in [-0.1, -0.05) is 63.2 Å². The van der Waals surface area contributed by atoms with Gasteiger partial charge in [-0.25, -0.2) is 0 Å². The van der Waals surface area contributed by atoms with Crippen molar-refractivity contribution in [2.45, 2.75) is 45.6 Å². The Labute approximate surface area is 164 Å². The van der Waals surface area contributed by atoms with Gasteiger partial charge in [0, 0.05) is 37.8 Å². The number of amides is 1. The summed E-state index contributed by atoms with van der Waals surface area (Å²) in [4.78, 5) is 17.4. The summed E-state index contributed by atoms with van der Waals surface area (Å²) in [5, 5.41) is 0. The van der Waals surface area contributed by atoms with Crippen molar-refractivity contribution in [1.82, 2.24) is 9.80 Å². The highest BCUT2D eigenvalue weighted by atomic mass is 16.2. The highest BCUT2D eigenvalue weighted by Crippen LogP contribution is 2.23. The molecule has 0 spiro atoms. The van der Waals surface area contributed by atoms with E-state index >= 15 is 0 Å². The van der Waals surface area contributed by atoms with E-state index in [1.807, 2.05) is 17.0 Å². The van der Waals surface area contributed by atoms with E-state index < -0.39 is 0 Å². The normalized spacial score (nSPS) is 18.5. The second-order valence-corrected chi connectivity index (χ2v) is 8.70. The highest BCUT2D eigenvalue weighted by molar-refractivity contribution is 5.94. The summed E-state index contributed by atoms with van der Waals surface area (Å²) in [5.41, 5.74) is 3.55. The Morgan fingerprint density at radius 1 is 1.00 bits per heavy atom. The maximum atomic E-state index is 12.9. The van der Waals surface area contributed by atoms with Gasteiger partial charge in [-0.15, -0.1) is 0 Å². The van der Waals surface area contributed by atoms with E-state index in [0.29, 0.717) is 6.04 Å². The van der Waals surface area contributed by atoms with Crippen molar-refractivity contribution in [2.24, 2.45) is 0 Å². The van der Waals surface area contributed by atoms with E-state index in [9.17, 15) is 4.79 Å². The fraction of sp³-hybridized carbons (Fsp3) is 0.458. The van der Waals surface area contributed by atoms with Crippen molar-refractivity contribution in [1.29, 1.82) is 0 Å². The van der Waals surface area contributed by atoms with Crippen LogP contribution in [-0.2, 0) is 11.8 Å². The van der Waals surface area contributed by atoms with Crippen molar-refractivity contribution in [2.75, 3.05) is 26.2 Å². The Balaban J connectivity index is 1.56. The van der Waals surface area contributed by atoms with E-state index in [1.54, 1.807) is 0 Å². The standard InChI is InChI=1S/C24H32N2O/c1-19-18-26(17-16-25(19)15-14-20-8-6-5-7-9-20)23(27)21-10-12-22(13-11-21)24(2,3)4/h5-13,19H,14-18H2,1-4H3. The van der Waals surface area contributed by atoms with Crippen LogP contribution in [0.3, 0.4) is 0 Å². The van der Waals surface area contributed by atoms with Gasteiger partial charge in [0.25, 0.3) is 5.91 Å². The second-order valence-electron chi connectivity index (χ2n) is 8.70. The quantitative estimate of drug-likeness (QED) is 0.804. The fourth-order valence-electron chi connectivity index (χ4n) is 3.72. The van der Waals surface area contributed by atoms with Crippen molar-refractivity contribution >= 4 is 5.91 Å². The molecule has 0 aromatic heterocycles. The zero-order valence-corrected chi connectivity index (χ0v) is 17.1. The third-order valence-electron chi connectivity index (χ3n) is 5.58. The van der Waals surface area contributed by atoms with Gasteiger partial charge in [0.15, 0.2) is 0 Å². The molecule has 1 saturated heterocycles.